The normalized spacial score (nSPS) is 19.1. The number of hydrogen-bond donors (Lipinski definition) is 1. The summed E-state index contributed by atoms with van der Waals surface area (Å²) in [6, 6.07) is 4.51. The van der Waals surface area contributed by atoms with Crippen LogP contribution >= 0.6 is 0 Å². The molecule has 1 fully saturated rings. The van der Waals surface area contributed by atoms with E-state index >= 15 is 0 Å². The molecule has 5 nitrogen and oxygen atoms in total. The molecule has 5 heteroatoms. The number of nitrogens with one attached hydrogen (secondary N) is 1. The fourth-order valence-electron chi connectivity index (χ4n) is 2.64. The Morgan fingerprint density at radius 2 is 2.35 bits per heavy atom. The summed E-state index contributed by atoms with van der Waals surface area (Å²) in [4.78, 5) is 8.77. The summed E-state index contributed by atoms with van der Waals surface area (Å²) in [5, 5.41) is 7.58. The van der Waals surface area contributed by atoms with E-state index in [1.807, 2.05) is 19.1 Å². The highest BCUT2D eigenvalue weighted by Crippen LogP contribution is 2.18. The van der Waals surface area contributed by atoms with Crippen molar-refractivity contribution in [3.05, 3.63) is 29.8 Å². The van der Waals surface area contributed by atoms with Crippen LogP contribution in [0, 0.1) is 6.92 Å². The third kappa shape index (κ3) is 3.04. The van der Waals surface area contributed by atoms with Gasteiger partial charge in [-0.1, -0.05) is 17.6 Å². The van der Waals surface area contributed by atoms with Gasteiger partial charge in [-0.05, 0) is 44.4 Å². The molecule has 0 bridgehead atoms. The molecule has 1 unspecified atom stereocenters. The number of hydrogen-bond acceptors (Lipinski definition) is 5. The predicted molar refractivity (Wildman–Crippen MR) is 76.2 cm³/mol. The molecule has 1 atom stereocenters. The second-order valence-electron chi connectivity index (χ2n) is 5.37. The molecular formula is C15H20N4O. The van der Waals surface area contributed by atoms with Crippen molar-refractivity contribution < 1.29 is 4.52 Å². The van der Waals surface area contributed by atoms with Gasteiger partial charge in [0.1, 0.15) is 5.69 Å². The lowest BCUT2D eigenvalue weighted by molar-refractivity contribution is 0.342. The van der Waals surface area contributed by atoms with Crippen molar-refractivity contribution in [3.8, 4) is 11.5 Å². The van der Waals surface area contributed by atoms with Crippen LogP contribution in [0.2, 0.25) is 0 Å². The van der Waals surface area contributed by atoms with Crippen LogP contribution in [0.1, 0.15) is 37.1 Å². The summed E-state index contributed by atoms with van der Waals surface area (Å²) >= 11 is 0. The Kier molecular flexibility index (Phi) is 4.06. The van der Waals surface area contributed by atoms with E-state index in [4.69, 9.17) is 4.52 Å². The maximum atomic E-state index is 5.34. The fraction of sp³-hybridized carbons (Fsp3) is 0.533. The van der Waals surface area contributed by atoms with Crippen molar-refractivity contribution in [2.75, 3.05) is 6.54 Å². The van der Waals surface area contributed by atoms with Gasteiger partial charge in [-0.3, -0.25) is 4.98 Å². The minimum atomic E-state index is 0.592. The highest BCUT2D eigenvalue weighted by molar-refractivity contribution is 5.52. The average Bonchev–Trinajstić information content (AvgIpc) is 2.95. The minimum Gasteiger partial charge on any atom is -0.339 e. The van der Waals surface area contributed by atoms with Gasteiger partial charge in [0.05, 0.1) is 0 Å². The number of pyridine rings is 1. The average molecular weight is 272 g/mol. The van der Waals surface area contributed by atoms with Crippen molar-refractivity contribution in [3.63, 3.8) is 0 Å². The predicted octanol–water partition coefficient (Wildman–Crippen LogP) is 2.51. The lowest BCUT2D eigenvalue weighted by atomic mass is 10.0. The Labute approximate surface area is 118 Å². The first kappa shape index (κ1) is 13.2. The largest absolute Gasteiger partial charge is 0.339 e. The summed E-state index contributed by atoms with van der Waals surface area (Å²) < 4.78 is 5.34. The van der Waals surface area contributed by atoms with E-state index in [0.29, 0.717) is 17.8 Å². The first-order valence-corrected chi connectivity index (χ1v) is 7.31. The molecule has 106 valence electrons. The Bertz CT molecular complexity index is 561. The molecule has 2 aromatic rings. The summed E-state index contributed by atoms with van der Waals surface area (Å²) in [5.41, 5.74) is 1.87. The van der Waals surface area contributed by atoms with Crippen LogP contribution in [-0.4, -0.2) is 27.7 Å². The zero-order valence-electron chi connectivity index (χ0n) is 11.8. The Hall–Kier alpha value is -1.75. The highest BCUT2D eigenvalue weighted by atomic mass is 16.5. The molecule has 0 saturated carbocycles. The van der Waals surface area contributed by atoms with Crippen molar-refractivity contribution >= 4 is 0 Å². The molecule has 20 heavy (non-hydrogen) atoms. The van der Waals surface area contributed by atoms with Crippen molar-refractivity contribution in [1.29, 1.82) is 0 Å². The van der Waals surface area contributed by atoms with Gasteiger partial charge < -0.3 is 9.84 Å². The quantitative estimate of drug-likeness (QED) is 0.926. The molecule has 1 aliphatic heterocycles. The van der Waals surface area contributed by atoms with E-state index in [9.17, 15) is 0 Å². The zero-order chi connectivity index (χ0) is 13.8. The molecule has 0 radical (unpaired) electrons. The number of nitrogens with zero attached hydrogens (tertiary/aromatic N) is 3. The monoisotopic (exact) mass is 272 g/mol. The van der Waals surface area contributed by atoms with Gasteiger partial charge in [-0.15, -0.1) is 0 Å². The molecule has 3 heterocycles. The van der Waals surface area contributed by atoms with Crippen molar-refractivity contribution in [2.24, 2.45) is 0 Å². The smallest absolute Gasteiger partial charge is 0.227 e. The number of aromatic nitrogens is 3. The Morgan fingerprint density at radius 3 is 3.15 bits per heavy atom. The molecular weight excluding hydrogens is 252 g/mol. The summed E-state index contributed by atoms with van der Waals surface area (Å²) in [7, 11) is 0. The topological polar surface area (TPSA) is 63.8 Å². The molecule has 1 N–H and O–H groups in total. The van der Waals surface area contributed by atoms with Crippen LogP contribution in [0.5, 0.6) is 0 Å². The van der Waals surface area contributed by atoms with Crippen LogP contribution < -0.4 is 5.32 Å². The molecule has 1 saturated heterocycles. The van der Waals surface area contributed by atoms with Crippen LogP contribution in [0.15, 0.2) is 22.9 Å². The van der Waals surface area contributed by atoms with Gasteiger partial charge in [0.2, 0.25) is 11.7 Å². The Balaban J connectivity index is 1.63. The first-order chi connectivity index (χ1) is 9.83. The minimum absolute atomic E-state index is 0.592. The van der Waals surface area contributed by atoms with Crippen molar-refractivity contribution in [1.82, 2.24) is 20.4 Å². The maximum Gasteiger partial charge on any atom is 0.227 e. The summed E-state index contributed by atoms with van der Waals surface area (Å²) in [5.74, 6) is 1.30. The maximum absolute atomic E-state index is 5.34. The molecule has 0 amide bonds. The Morgan fingerprint density at radius 1 is 1.40 bits per heavy atom. The second kappa shape index (κ2) is 6.13. The van der Waals surface area contributed by atoms with E-state index < -0.39 is 0 Å². The second-order valence-corrected chi connectivity index (χ2v) is 5.37. The lowest BCUT2D eigenvalue weighted by Crippen LogP contribution is -2.34. The van der Waals surface area contributed by atoms with Crippen LogP contribution in [-0.2, 0) is 6.42 Å². The van der Waals surface area contributed by atoms with Gasteiger partial charge in [-0.2, -0.15) is 4.98 Å². The molecule has 0 aliphatic carbocycles. The van der Waals surface area contributed by atoms with Crippen molar-refractivity contribution in [2.45, 2.75) is 45.1 Å². The molecule has 3 rings (SSSR count). The number of aryl methyl sites for hydroxylation is 2. The van der Waals surface area contributed by atoms with Gasteiger partial charge >= 0.3 is 0 Å². The number of piperidine rings is 1. The van der Waals surface area contributed by atoms with Gasteiger partial charge in [0.15, 0.2) is 0 Å². The third-order valence-corrected chi connectivity index (χ3v) is 3.81. The molecule has 2 aromatic heterocycles. The lowest BCUT2D eigenvalue weighted by Gasteiger charge is -2.22. The third-order valence-electron chi connectivity index (χ3n) is 3.81. The SMILES string of the molecule is Cc1cccnc1-c1noc(CCC2CCCCN2)n1. The van der Waals surface area contributed by atoms with Crippen LogP contribution in [0.25, 0.3) is 11.5 Å². The summed E-state index contributed by atoms with van der Waals surface area (Å²) in [6.45, 7) is 3.14. The van der Waals surface area contributed by atoms with E-state index in [2.05, 4.69) is 20.4 Å². The van der Waals surface area contributed by atoms with E-state index in [-0.39, 0.29) is 0 Å². The fourth-order valence-corrected chi connectivity index (χ4v) is 2.64. The first-order valence-electron chi connectivity index (χ1n) is 7.31. The van der Waals surface area contributed by atoms with Gasteiger partial charge in [0.25, 0.3) is 0 Å². The molecule has 1 aliphatic rings. The zero-order valence-corrected chi connectivity index (χ0v) is 11.8. The summed E-state index contributed by atoms with van der Waals surface area (Å²) in [6.07, 6.45) is 7.50. The van der Waals surface area contributed by atoms with E-state index in [1.165, 1.54) is 19.3 Å². The highest BCUT2D eigenvalue weighted by Gasteiger charge is 2.16. The molecule has 0 spiro atoms. The van der Waals surface area contributed by atoms with E-state index in [0.717, 1.165) is 30.6 Å². The van der Waals surface area contributed by atoms with Gasteiger partial charge in [-0.25, -0.2) is 0 Å². The van der Waals surface area contributed by atoms with E-state index in [1.54, 1.807) is 6.20 Å². The van der Waals surface area contributed by atoms with Crippen LogP contribution in [0.3, 0.4) is 0 Å². The number of rotatable bonds is 4. The van der Waals surface area contributed by atoms with Crippen LogP contribution in [0.4, 0.5) is 0 Å². The van der Waals surface area contributed by atoms with Gasteiger partial charge in [0, 0.05) is 18.7 Å². The molecule has 0 aromatic carbocycles. The standard InChI is InChI=1S/C15H20N4O/c1-11-5-4-10-17-14(11)15-18-13(20-19-15)8-7-12-6-2-3-9-16-12/h4-5,10,12,16H,2-3,6-9H2,1H3.